The summed E-state index contributed by atoms with van der Waals surface area (Å²) in [4.78, 5) is 10.6. The number of aliphatic carboxylic acids is 1. The molecule has 1 aliphatic rings. The van der Waals surface area contributed by atoms with Gasteiger partial charge in [0.1, 0.15) is 12.4 Å². The van der Waals surface area contributed by atoms with Crippen molar-refractivity contribution in [3.63, 3.8) is 0 Å². The zero-order valence-corrected chi connectivity index (χ0v) is 22.6. The van der Waals surface area contributed by atoms with Crippen molar-refractivity contribution in [2.45, 2.75) is 96.1 Å². The first kappa shape index (κ1) is 28.3. The Balaban J connectivity index is 1.96. The first-order chi connectivity index (χ1) is 16.0. The second kappa shape index (κ2) is 13.3. The molecule has 0 saturated carbocycles. The Labute approximate surface area is 207 Å². The third-order valence-corrected chi connectivity index (χ3v) is 11.6. The molecule has 0 aromatic heterocycles. The Morgan fingerprint density at radius 3 is 2.56 bits per heavy atom. The molecule has 3 atom stereocenters. The smallest absolute Gasteiger partial charge is 0.303 e. The lowest BCUT2D eigenvalue weighted by atomic mass is 9.91. The van der Waals surface area contributed by atoms with E-state index in [-0.39, 0.29) is 29.6 Å². The van der Waals surface area contributed by atoms with E-state index in [1.54, 1.807) is 0 Å². The van der Waals surface area contributed by atoms with Gasteiger partial charge in [-0.2, -0.15) is 0 Å². The van der Waals surface area contributed by atoms with Gasteiger partial charge >= 0.3 is 5.97 Å². The highest BCUT2D eigenvalue weighted by atomic mass is 28.4. The van der Waals surface area contributed by atoms with E-state index in [0.717, 1.165) is 31.4 Å². The van der Waals surface area contributed by atoms with Gasteiger partial charge in [-0.3, -0.25) is 4.79 Å². The van der Waals surface area contributed by atoms with E-state index in [0.29, 0.717) is 19.4 Å². The highest BCUT2D eigenvalue weighted by molar-refractivity contribution is 6.74. The minimum Gasteiger partial charge on any atom is -0.491 e. The maximum atomic E-state index is 10.6. The molecular formula is C28H44O5Si. The largest absolute Gasteiger partial charge is 0.491 e. The summed E-state index contributed by atoms with van der Waals surface area (Å²) in [7, 11) is -1.96. The predicted molar refractivity (Wildman–Crippen MR) is 141 cm³/mol. The van der Waals surface area contributed by atoms with Crippen molar-refractivity contribution >= 4 is 14.3 Å². The van der Waals surface area contributed by atoms with Crippen LogP contribution < -0.4 is 4.74 Å². The van der Waals surface area contributed by atoms with Crippen LogP contribution in [-0.2, 0) is 9.22 Å². The summed E-state index contributed by atoms with van der Waals surface area (Å²) in [5.41, 5.74) is 1.30. The molecule has 1 aliphatic carbocycles. The number of benzene rings is 1. The molecule has 1 aromatic rings. The van der Waals surface area contributed by atoms with Crippen LogP contribution in [0.1, 0.15) is 65.7 Å². The molecule has 0 amide bonds. The Hall–Kier alpha value is -1.89. The molecule has 0 fully saturated rings. The van der Waals surface area contributed by atoms with Crippen LogP contribution in [0.4, 0.5) is 0 Å². The van der Waals surface area contributed by atoms with E-state index in [9.17, 15) is 9.90 Å². The molecule has 5 nitrogen and oxygen atoms in total. The Morgan fingerprint density at radius 1 is 1.21 bits per heavy atom. The number of para-hydroxylation sites is 1. The number of allylic oxidation sites excluding steroid dienone is 2. The van der Waals surface area contributed by atoms with E-state index >= 15 is 0 Å². The first-order valence-electron chi connectivity index (χ1n) is 12.6. The molecule has 2 rings (SSSR count). The molecule has 34 heavy (non-hydrogen) atoms. The van der Waals surface area contributed by atoms with Gasteiger partial charge in [0.05, 0.1) is 12.2 Å². The van der Waals surface area contributed by atoms with Crippen LogP contribution in [0.5, 0.6) is 5.75 Å². The Morgan fingerprint density at radius 2 is 1.91 bits per heavy atom. The van der Waals surface area contributed by atoms with Gasteiger partial charge in [-0.1, -0.05) is 62.8 Å². The number of unbranched alkanes of at least 4 members (excludes halogenated alkanes) is 1. The molecule has 6 heteroatoms. The van der Waals surface area contributed by atoms with Crippen LogP contribution in [0.25, 0.3) is 0 Å². The van der Waals surface area contributed by atoms with Crippen LogP contribution in [-0.4, -0.2) is 43.3 Å². The van der Waals surface area contributed by atoms with Crippen molar-refractivity contribution in [3.05, 3.63) is 54.1 Å². The quantitative estimate of drug-likeness (QED) is 0.172. The Bertz CT molecular complexity index is 810. The Kier molecular flexibility index (Phi) is 11.1. The van der Waals surface area contributed by atoms with Gasteiger partial charge in [0.25, 0.3) is 0 Å². The maximum Gasteiger partial charge on any atom is 0.303 e. The number of ether oxygens (including phenoxy) is 1. The number of rotatable bonds is 14. The first-order valence-corrected chi connectivity index (χ1v) is 15.5. The number of carboxylic acid groups (broad SMARTS) is 1. The number of aliphatic hydroxyl groups excluding tert-OH is 1. The average Bonchev–Trinajstić information content (AvgIpc) is 3.11. The van der Waals surface area contributed by atoms with E-state index in [1.807, 2.05) is 36.4 Å². The van der Waals surface area contributed by atoms with E-state index in [4.69, 9.17) is 14.3 Å². The zero-order chi connectivity index (χ0) is 25.2. The van der Waals surface area contributed by atoms with E-state index in [1.165, 1.54) is 5.57 Å². The maximum absolute atomic E-state index is 10.6. The van der Waals surface area contributed by atoms with Crippen molar-refractivity contribution < 1.29 is 24.2 Å². The fraction of sp³-hybridized carbons (Fsp3) is 0.607. The second-order valence-electron chi connectivity index (χ2n) is 10.8. The van der Waals surface area contributed by atoms with Gasteiger partial charge in [-0.25, -0.2) is 0 Å². The average molecular weight is 489 g/mol. The molecule has 1 aromatic carbocycles. The van der Waals surface area contributed by atoms with Gasteiger partial charge in [0, 0.05) is 12.3 Å². The third-order valence-electron chi connectivity index (χ3n) is 7.08. The van der Waals surface area contributed by atoms with Crippen LogP contribution in [0, 0.1) is 5.92 Å². The third kappa shape index (κ3) is 9.39. The monoisotopic (exact) mass is 488 g/mol. The normalized spacial score (nSPS) is 19.9. The molecule has 0 heterocycles. The van der Waals surface area contributed by atoms with Crippen LogP contribution in [0.15, 0.2) is 54.1 Å². The predicted octanol–water partition coefficient (Wildman–Crippen LogP) is 6.74. The number of hydrogen-bond donors (Lipinski definition) is 2. The van der Waals surface area contributed by atoms with Crippen LogP contribution in [0.2, 0.25) is 18.1 Å². The van der Waals surface area contributed by atoms with Crippen molar-refractivity contribution in [3.8, 4) is 5.75 Å². The van der Waals surface area contributed by atoms with Gasteiger partial charge in [0.2, 0.25) is 0 Å². The van der Waals surface area contributed by atoms with Gasteiger partial charge in [0.15, 0.2) is 8.32 Å². The molecule has 0 bridgehead atoms. The van der Waals surface area contributed by atoms with Gasteiger partial charge in [-0.15, -0.1) is 0 Å². The summed E-state index contributed by atoms with van der Waals surface area (Å²) in [6.45, 7) is 11.8. The number of aliphatic hydroxyl groups is 1. The lowest BCUT2D eigenvalue weighted by Gasteiger charge is -2.39. The molecule has 0 unspecified atom stereocenters. The van der Waals surface area contributed by atoms with Crippen molar-refractivity contribution in [2.24, 2.45) is 5.92 Å². The summed E-state index contributed by atoms with van der Waals surface area (Å²) in [6.07, 6.45) is 10.8. The number of carbonyl (C=O) groups is 1. The molecule has 2 N–H and O–H groups in total. The number of carboxylic acids is 1. The molecule has 0 spiro atoms. The van der Waals surface area contributed by atoms with Crippen molar-refractivity contribution in [2.75, 3.05) is 6.61 Å². The van der Waals surface area contributed by atoms with E-state index in [2.05, 4.69) is 46.0 Å². The summed E-state index contributed by atoms with van der Waals surface area (Å²) < 4.78 is 12.8. The summed E-state index contributed by atoms with van der Waals surface area (Å²) in [5, 5.41) is 19.4. The zero-order valence-electron chi connectivity index (χ0n) is 21.6. The minimum absolute atomic E-state index is 0.00745. The number of hydrogen-bond acceptors (Lipinski definition) is 4. The van der Waals surface area contributed by atoms with Gasteiger partial charge in [-0.05, 0) is 68.8 Å². The summed E-state index contributed by atoms with van der Waals surface area (Å²) >= 11 is 0. The van der Waals surface area contributed by atoms with Gasteiger partial charge < -0.3 is 19.4 Å². The summed E-state index contributed by atoms with van der Waals surface area (Å²) in [5.74, 6) is 0.225. The van der Waals surface area contributed by atoms with E-state index < -0.39 is 14.3 Å². The lowest BCUT2D eigenvalue weighted by Crippen LogP contribution is -2.45. The fourth-order valence-electron chi connectivity index (χ4n) is 3.97. The highest BCUT2D eigenvalue weighted by Crippen LogP contribution is 2.39. The molecule has 190 valence electrons. The fourth-order valence-corrected chi connectivity index (χ4v) is 5.34. The highest BCUT2D eigenvalue weighted by Gasteiger charge is 2.39. The standard InChI is InChI=1S/C28H44O5Si/c1-28(2,3)34(4,5)33-24(21-32-23-13-9-8-10-14-23)19-17-22-18-20-26(29)25(22)15-11-6-7-12-16-27(30)31/h6,8-11,13-14,18,24-26,29H,7,12,15-17,19-21H2,1-5H3,(H,30,31)/t24-,25+,26-/m0/s1. The van der Waals surface area contributed by atoms with Crippen LogP contribution in [0.3, 0.4) is 0 Å². The summed E-state index contributed by atoms with van der Waals surface area (Å²) in [6, 6.07) is 9.87. The van der Waals surface area contributed by atoms with Crippen molar-refractivity contribution in [1.82, 2.24) is 0 Å². The van der Waals surface area contributed by atoms with Crippen molar-refractivity contribution in [1.29, 1.82) is 0 Å². The molecule has 0 aliphatic heterocycles. The van der Waals surface area contributed by atoms with Crippen LogP contribution >= 0.6 is 0 Å². The molecule has 0 saturated heterocycles. The minimum atomic E-state index is -1.96. The second-order valence-corrected chi connectivity index (χ2v) is 15.6. The SMILES string of the molecule is CC(C)(C)[Si](C)(C)O[C@@H](CCC1=CC[C@H](O)[C@@H]1CC=CCCCC(=O)O)COc1ccccc1. The molecule has 0 radical (unpaired) electrons. The molecular weight excluding hydrogens is 444 g/mol. The lowest BCUT2D eigenvalue weighted by molar-refractivity contribution is -0.137. The topological polar surface area (TPSA) is 76.0 Å².